The van der Waals surface area contributed by atoms with Crippen LogP contribution in [-0.4, -0.2) is 40.4 Å². The second-order valence-electron chi connectivity index (χ2n) is 3.00. The fourth-order valence-corrected chi connectivity index (χ4v) is 1.31. The summed E-state index contributed by atoms with van der Waals surface area (Å²) in [7, 11) is 0. The zero-order chi connectivity index (χ0) is 9.23. The Hall–Kier alpha value is 1.24. The molecule has 73 valence electrons. The van der Waals surface area contributed by atoms with Crippen LogP contribution < -0.4 is 5.32 Å². The van der Waals surface area contributed by atoms with Crippen LogP contribution in [0.15, 0.2) is 0 Å². The van der Waals surface area contributed by atoms with E-state index in [0.717, 1.165) is 6.54 Å². The molecule has 0 aliphatic carbocycles. The van der Waals surface area contributed by atoms with E-state index in [-0.39, 0.29) is 29.6 Å². The van der Waals surface area contributed by atoms with Gasteiger partial charge in [-0.1, -0.05) is 51.2 Å². The van der Waals surface area contributed by atoms with Crippen LogP contribution in [0.25, 0.3) is 0 Å². The molecular formula is C9H19NNaS2. The maximum Gasteiger partial charge on any atom is 0.130 e. The van der Waals surface area contributed by atoms with E-state index in [2.05, 4.69) is 24.9 Å². The number of rotatable bonds is 7. The van der Waals surface area contributed by atoms with Crippen molar-refractivity contribution in [3.05, 3.63) is 0 Å². The van der Waals surface area contributed by atoms with Crippen molar-refractivity contribution in [3.8, 4) is 0 Å². The van der Waals surface area contributed by atoms with Crippen LogP contribution in [0.2, 0.25) is 0 Å². The van der Waals surface area contributed by atoms with E-state index in [1.165, 1.54) is 38.5 Å². The third-order valence-electron chi connectivity index (χ3n) is 1.81. The smallest absolute Gasteiger partial charge is 0.130 e. The minimum atomic E-state index is 0. The van der Waals surface area contributed by atoms with Crippen molar-refractivity contribution < 1.29 is 0 Å². The molecule has 0 aromatic heterocycles. The van der Waals surface area contributed by atoms with Gasteiger partial charge in [-0.3, -0.25) is 0 Å². The molecule has 0 aliphatic heterocycles. The van der Waals surface area contributed by atoms with Crippen LogP contribution in [0, 0.1) is 0 Å². The van der Waals surface area contributed by atoms with Crippen molar-refractivity contribution in [1.82, 2.24) is 5.32 Å². The van der Waals surface area contributed by atoms with Crippen molar-refractivity contribution in [2.45, 2.75) is 45.4 Å². The molecule has 4 heteroatoms. The number of thiocarbonyl (C=S) groups is 1. The summed E-state index contributed by atoms with van der Waals surface area (Å²) < 4.78 is 0.614. The van der Waals surface area contributed by atoms with Gasteiger partial charge in [0, 0.05) is 36.1 Å². The number of thiol groups is 1. The van der Waals surface area contributed by atoms with Crippen LogP contribution in [0.1, 0.15) is 45.4 Å². The molecule has 13 heavy (non-hydrogen) atoms. The molecular weight excluding hydrogens is 209 g/mol. The fourth-order valence-electron chi connectivity index (χ4n) is 1.10. The molecule has 0 amide bonds. The molecule has 0 bridgehead atoms. The van der Waals surface area contributed by atoms with Crippen molar-refractivity contribution in [3.63, 3.8) is 0 Å². The van der Waals surface area contributed by atoms with Crippen molar-refractivity contribution in [1.29, 1.82) is 0 Å². The van der Waals surface area contributed by atoms with Crippen LogP contribution in [0.5, 0.6) is 0 Å². The van der Waals surface area contributed by atoms with E-state index in [1.54, 1.807) is 0 Å². The van der Waals surface area contributed by atoms with Gasteiger partial charge in [0.15, 0.2) is 0 Å². The average molecular weight is 228 g/mol. The molecule has 0 saturated heterocycles. The summed E-state index contributed by atoms with van der Waals surface area (Å²) in [6.45, 7) is 3.22. The molecule has 0 saturated carbocycles. The molecule has 0 heterocycles. The molecule has 0 atom stereocenters. The van der Waals surface area contributed by atoms with Gasteiger partial charge in [-0.15, -0.1) is 12.6 Å². The summed E-state index contributed by atoms with van der Waals surface area (Å²) in [6, 6.07) is 0. The van der Waals surface area contributed by atoms with Gasteiger partial charge < -0.3 is 5.32 Å². The van der Waals surface area contributed by atoms with Gasteiger partial charge in [-0.25, -0.2) is 0 Å². The predicted octanol–water partition coefficient (Wildman–Crippen LogP) is 2.77. The zero-order valence-corrected chi connectivity index (χ0v) is 12.5. The molecule has 1 N–H and O–H groups in total. The van der Waals surface area contributed by atoms with E-state index in [4.69, 9.17) is 12.2 Å². The topological polar surface area (TPSA) is 12.0 Å². The van der Waals surface area contributed by atoms with Crippen LogP contribution >= 0.6 is 24.8 Å². The first-order valence-electron chi connectivity index (χ1n) is 4.74. The minimum Gasteiger partial charge on any atom is -0.371 e. The normalized spacial score (nSPS) is 9.08. The standard InChI is InChI=1S/C9H19NS2.Na/c1-2-3-4-5-6-7-8-10-9(11)12;/h2-8H2,1H3,(H2,10,11,12);. The third-order valence-corrected chi connectivity index (χ3v) is 2.11. The number of hydrogen-bond donors (Lipinski definition) is 2. The Kier molecular flexibility index (Phi) is 17.0. The summed E-state index contributed by atoms with van der Waals surface area (Å²) in [5.74, 6) is 0. The van der Waals surface area contributed by atoms with Gasteiger partial charge in [0.05, 0.1) is 0 Å². The third kappa shape index (κ3) is 16.0. The van der Waals surface area contributed by atoms with Gasteiger partial charge >= 0.3 is 0 Å². The van der Waals surface area contributed by atoms with E-state index >= 15 is 0 Å². The summed E-state index contributed by atoms with van der Waals surface area (Å²) in [4.78, 5) is 0. The van der Waals surface area contributed by atoms with Crippen molar-refractivity contribution in [2.75, 3.05) is 6.54 Å². The van der Waals surface area contributed by atoms with E-state index in [1.807, 2.05) is 0 Å². The molecule has 0 aromatic rings. The van der Waals surface area contributed by atoms with E-state index in [9.17, 15) is 0 Å². The number of hydrogen-bond acceptors (Lipinski definition) is 1. The second-order valence-corrected chi connectivity index (χ2v) is 4.16. The summed E-state index contributed by atoms with van der Waals surface area (Å²) in [5, 5.41) is 3.03. The Morgan fingerprint density at radius 1 is 1.15 bits per heavy atom. The number of nitrogens with one attached hydrogen (secondary N) is 1. The first-order valence-corrected chi connectivity index (χ1v) is 5.59. The Labute approximate surface area is 115 Å². The maximum atomic E-state index is 4.77. The van der Waals surface area contributed by atoms with Gasteiger partial charge in [-0.2, -0.15) is 0 Å². The summed E-state index contributed by atoms with van der Waals surface area (Å²) in [6.07, 6.45) is 7.95. The largest absolute Gasteiger partial charge is 0.371 e. The minimum absolute atomic E-state index is 0. The van der Waals surface area contributed by atoms with Crippen LogP contribution in [0.4, 0.5) is 0 Å². The Morgan fingerprint density at radius 2 is 1.69 bits per heavy atom. The molecule has 0 unspecified atom stereocenters. The quantitative estimate of drug-likeness (QED) is 0.301. The molecule has 0 spiro atoms. The van der Waals surface area contributed by atoms with Gasteiger partial charge in [0.2, 0.25) is 0 Å². The Balaban J connectivity index is 0. The monoisotopic (exact) mass is 228 g/mol. The molecule has 1 nitrogen and oxygen atoms in total. The van der Waals surface area contributed by atoms with E-state index in [0.29, 0.717) is 4.32 Å². The SMILES string of the molecule is CCCCCCCCNC(=S)S.[Na]. The first kappa shape index (κ1) is 16.7. The Morgan fingerprint density at radius 3 is 2.23 bits per heavy atom. The predicted molar refractivity (Wildman–Crippen MR) is 68.7 cm³/mol. The number of unbranched alkanes of at least 4 members (excludes halogenated alkanes) is 5. The van der Waals surface area contributed by atoms with Crippen LogP contribution in [0.3, 0.4) is 0 Å². The van der Waals surface area contributed by atoms with Crippen molar-refractivity contribution in [2.24, 2.45) is 0 Å². The Bertz CT molecular complexity index is 120. The van der Waals surface area contributed by atoms with Crippen LogP contribution in [-0.2, 0) is 0 Å². The summed E-state index contributed by atoms with van der Waals surface area (Å²) in [5.41, 5.74) is 0. The van der Waals surface area contributed by atoms with E-state index < -0.39 is 0 Å². The molecule has 0 aromatic carbocycles. The van der Waals surface area contributed by atoms with Gasteiger partial charge in [0.1, 0.15) is 4.32 Å². The first-order chi connectivity index (χ1) is 5.77. The van der Waals surface area contributed by atoms with Crippen molar-refractivity contribution >= 4 is 58.7 Å². The molecule has 0 aliphatic rings. The maximum absolute atomic E-state index is 4.77. The average Bonchev–Trinajstić information content (AvgIpc) is 2.02. The molecule has 1 radical (unpaired) electrons. The summed E-state index contributed by atoms with van der Waals surface area (Å²) >= 11 is 8.75. The fraction of sp³-hybridized carbons (Fsp3) is 0.889. The van der Waals surface area contributed by atoms with Gasteiger partial charge in [0.25, 0.3) is 0 Å². The zero-order valence-electron chi connectivity index (χ0n) is 8.81. The second kappa shape index (κ2) is 13.2. The molecule has 0 rings (SSSR count). The van der Waals surface area contributed by atoms with Gasteiger partial charge in [-0.05, 0) is 6.42 Å². The molecule has 0 fully saturated rings.